The molecule has 17 heavy (non-hydrogen) atoms. The van der Waals surface area contributed by atoms with E-state index < -0.39 is 0 Å². The Balaban J connectivity index is 2.31. The standard InChI is InChI=1S/C12H12BrClN2S/c1-15-7-6-10-11(13)16-12(17-10)8-4-2-3-5-9(8)14/h2-5,15H,6-7H2,1H3. The number of thiazole rings is 1. The molecule has 0 unspecified atom stereocenters. The molecule has 2 nitrogen and oxygen atoms in total. The van der Waals surface area contributed by atoms with Crippen LogP contribution in [0.25, 0.3) is 10.6 Å². The van der Waals surface area contributed by atoms with Crippen molar-refractivity contribution in [3.05, 3.63) is 38.8 Å². The molecule has 0 radical (unpaired) electrons. The molecule has 2 aromatic rings. The van der Waals surface area contributed by atoms with Gasteiger partial charge in [-0.25, -0.2) is 4.98 Å². The first-order valence-electron chi connectivity index (χ1n) is 5.27. The Morgan fingerprint density at radius 1 is 1.41 bits per heavy atom. The normalized spacial score (nSPS) is 10.8. The second kappa shape index (κ2) is 5.96. The van der Waals surface area contributed by atoms with Gasteiger partial charge in [-0.2, -0.15) is 0 Å². The van der Waals surface area contributed by atoms with Crippen LogP contribution in [0.3, 0.4) is 0 Å². The van der Waals surface area contributed by atoms with Gasteiger partial charge in [-0.3, -0.25) is 0 Å². The van der Waals surface area contributed by atoms with Crippen molar-refractivity contribution in [3.8, 4) is 10.6 Å². The highest BCUT2D eigenvalue weighted by atomic mass is 79.9. The van der Waals surface area contributed by atoms with E-state index in [1.807, 2.05) is 31.3 Å². The Labute approximate surface area is 118 Å². The molecule has 2 rings (SSSR count). The summed E-state index contributed by atoms with van der Waals surface area (Å²) in [6.07, 6.45) is 0.971. The molecular formula is C12H12BrClN2S. The van der Waals surface area contributed by atoms with Crippen molar-refractivity contribution in [1.29, 1.82) is 0 Å². The maximum absolute atomic E-state index is 6.16. The summed E-state index contributed by atoms with van der Waals surface area (Å²) in [5, 5.41) is 4.85. The van der Waals surface area contributed by atoms with Gasteiger partial charge in [0.25, 0.3) is 0 Å². The molecule has 0 aliphatic carbocycles. The Morgan fingerprint density at radius 3 is 2.88 bits per heavy atom. The van der Waals surface area contributed by atoms with Gasteiger partial charge >= 0.3 is 0 Å². The van der Waals surface area contributed by atoms with Crippen LogP contribution in [-0.2, 0) is 6.42 Å². The lowest BCUT2D eigenvalue weighted by molar-refractivity contribution is 0.796. The Morgan fingerprint density at radius 2 is 2.18 bits per heavy atom. The summed E-state index contributed by atoms with van der Waals surface area (Å²) in [6, 6.07) is 7.79. The largest absolute Gasteiger partial charge is 0.319 e. The minimum absolute atomic E-state index is 0.744. The van der Waals surface area contributed by atoms with Gasteiger partial charge in [0.2, 0.25) is 0 Å². The van der Waals surface area contributed by atoms with Gasteiger partial charge in [0, 0.05) is 10.4 Å². The van der Waals surface area contributed by atoms with E-state index in [0.29, 0.717) is 0 Å². The summed E-state index contributed by atoms with van der Waals surface area (Å²) >= 11 is 11.3. The Kier molecular flexibility index (Phi) is 4.56. The molecule has 5 heteroatoms. The van der Waals surface area contributed by atoms with E-state index in [0.717, 1.165) is 33.2 Å². The summed E-state index contributed by atoms with van der Waals surface area (Å²) in [5.41, 5.74) is 0.996. The summed E-state index contributed by atoms with van der Waals surface area (Å²) in [7, 11) is 1.95. The van der Waals surface area contributed by atoms with Crippen molar-refractivity contribution in [2.24, 2.45) is 0 Å². The zero-order chi connectivity index (χ0) is 12.3. The summed E-state index contributed by atoms with van der Waals surface area (Å²) in [4.78, 5) is 5.76. The van der Waals surface area contributed by atoms with Crippen LogP contribution < -0.4 is 5.32 Å². The molecule has 1 heterocycles. The van der Waals surface area contributed by atoms with Crippen molar-refractivity contribution in [2.45, 2.75) is 6.42 Å². The first-order chi connectivity index (χ1) is 8.22. The SMILES string of the molecule is CNCCc1sc(-c2ccccc2Cl)nc1Br. The van der Waals surface area contributed by atoms with Crippen LogP contribution in [-0.4, -0.2) is 18.6 Å². The fraction of sp³-hybridized carbons (Fsp3) is 0.250. The van der Waals surface area contributed by atoms with E-state index >= 15 is 0 Å². The highest BCUT2D eigenvalue weighted by Gasteiger charge is 2.12. The zero-order valence-electron chi connectivity index (χ0n) is 9.34. The average Bonchev–Trinajstić information content (AvgIpc) is 2.68. The van der Waals surface area contributed by atoms with Gasteiger partial charge in [0.05, 0.1) is 5.02 Å². The molecule has 0 bridgehead atoms. The molecule has 0 fully saturated rings. The number of aromatic nitrogens is 1. The number of rotatable bonds is 4. The van der Waals surface area contributed by atoms with E-state index in [1.54, 1.807) is 11.3 Å². The topological polar surface area (TPSA) is 24.9 Å². The van der Waals surface area contributed by atoms with Crippen LogP contribution in [0.5, 0.6) is 0 Å². The second-order valence-corrected chi connectivity index (χ2v) is 5.81. The molecule has 0 atom stereocenters. The molecule has 1 aromatic heterocycles. The zero-order valence-corrected chi connectivity index (χ0v) is 12.5. The molecule has 1 aromatic carbocycles. The van der Waals surface area contributed by atoms with Gasteiger partial charge in [0.1, 0.15) is 9.61 Å². The van der Waals surface area contributed by atoms with E-state index in [9.17, 15) is 0 Å². The van der Waals surface area contributed by atoms with Crippen molar-refractivity contribution in [3.63, 3.8) is 0 Å². The molecule has 0 spiro atoms. The number of nitrogens with zero attached hydrogens (tertiary/aromatic N) is 1. The highest BCUT2D eigenvalue weighted by molar-refractivity contribution is 9.10. The minimum Gasteiger partial charge on any atom is -0.319 e. The van der Waals surface area contributed by atoms with Crippen LogP contribution in [0.2, 0.25) is 5.02 Å². The van der Waals surface area contributed by atoms with E-state index in [2.05, 4.69) is 26.2 Å². The average molecular weight is 332 g/mol. The first-order valence-corrected chi connectivity index (χ1v) is 7.26. The number of hydrogen-bond acceptors (Lipinski definition) is 3. The summed E-state index contributed by atoms with van der Waals surface area (Å²) < 4.78 is 0.924. The number of nitrogens with one attached hydrogen (secondary N) is 1. The molecule has 0 aliphatic rings. The molecule has 0 saturated heterocycles. The van der Waals surface area contributed by atoms with Crippen LogP contribution >= 0.6 is 38.9 Å². The number of halogens is 2. The molecule has 90 valence electrons. The lowest BCUT2D eigenvalue weighted by atomic mass is 10.2. The van der Waals surface area contributed by atoms with Crippen molar-refractivity contribution < 1.29 is 0 Å². The highest BCUT2D eigenvalue weighted by Crippen LogP contribution is 2.34. The quantitative estimate of drug-likeness (QED) is 0.916. The smallest absolute Gasteiger partial charge is 0.126 e. The van der Waals surface area contributed by atoms with Crippen molar-refractivity contribution >= 4 is 38.9 Å². The maximum atomic E-state index is 6.16. The number of likely N-dealkylation sites (N-methyl/N-ethyl adjacent to an activating group) is 1. The molecule has 0 saturated carbocycles. The predicted molar refractivity (Wildman–Crippen MR) is 77.9 cm³/mol. The van der Waals surface area contributed by atoms with Crippen molar-refractivity contribution in [2.75, 3.05) is 13.6 Å². The molecule has 1 N–H and O–H groups in total. The fourth-order valence-corrected chi connectivity index (χ4v) is 3.48. The third-order valence-corrected chi connectivity index (χ3v) is 4.75. The lowest BCUT2D eigenvalue weighted by Gasteiger charge is -1.98. The molecule has 0 aliphatic heterocycles. The fourth-order valence-electron chi connectivity index (χ4n) is 1.48. The monoisotopic (exact) mass is 330 g/mol. The summed E-state index contributed by atoms with van der Waals surface area (Å²) in [6.45, 7) is 0.947. The second-order valence-electron chi connectivity index (χ2n) is 3.57. The molecular weight excluding hydrogens is 320 g/mol. The summed E-state index contributed by atoms with van der Waals surface area (Å²) in [5.74, 6) is 0. The van der Waals surface area contributed by atoms with E-state index in [-0.39, 0.29) is 0 Å². The Bertz CT molecular complexity index is 513. The number of hydrogen-bond donors (Lipinski definition) is 1. The number of benzene rings is 1. The third-order valence-electron chi connectivity index (χ3n) is 2.36. The minimum atomic E-state index is 0.744. The predicted octanol–water partition coefficient (Wildman–Crippen LogP) is 3.99. The van der Waals surface area contributed by atoms with E-state index in [4.69, 9.17) is 11.6 Å². The molecule has 0 amide bonds. The van der Waals surface area contributed by atoms with Crippen LogP contribution in [0.4, 0.5) is 0 Å². The van der Waals surface area contributed by atoms with Gasteiger partial charge in [-0.15, -0.1) is 11.3 Å². The van der Waals surface area contributed by atoms with Crippen molar-refractivity contribution in [1.82, 2.24) is 10.3 Å². The first kappa shape index (κ1) is 13.0. The van der Waals surface area contributed by atoms with Gasteiger partial charge < -0.3 is 5.32 Å². The van der Waals surface area contributed by atoms with Gasteiger partial charge in [0.15, 0.2) is 0 Å². The van der Waals surface area contributed by atoms with Gasteiger partial charge in [-0.1, -0.05) is 29.8 Å². The van der Waals surface area contributed by atoms with Crippen LogP contribution in [0, 0.1) is 0 Å². The Hall–Kier alpha value is -0.420. The van der Waals surface area contributed by atoms with Crippen LogP contribution in [0.1, 0.15) is 4.88 Å². The van der Waals surface area contributed by atoms with E-state index in [1.165, 1.54) is 4.88 Å². The van der Waals surface area contributed by atoms with Gasteiger partial charge in [-0.05, 0) is 42.0 Å². The van der Waals surface area contributed by atoms with Crippen LogP contribution in [0.15, 0.2) is 28.9 Å². The maximum Gasteiger partial charge on any atom is 0.126 e. The lowest BCUT2D eigenvalue weighted by Crippen LogP contribution is -2.09. The third kappa shape index (κ3) is 3.07.